The Hall–Kier alpha value is -2.24. The van der Waals surface area contributed by atoms with Gasteiger partial charge in [-0.05, 0) is 30.9 Å². The molecule has 130 valence electrons. The van der Waals surface area contributed by atoms with Crippen molar-refractivity contribution in [3.05, 3.63) is 23.8 Å². The van der Waals surface area contributed by atoms with Crippen LogP contribution in [0, 0.1) is 5.92 Å². The van der Waals surface area contributed by atoms with Crippen molar-refractivity contribution in [3.63, 3.8) is 0 Å². The van der Waals surface area contributed by atoms with Crippen LogP contribution in [0.4, 0.5) is 0 Å². The maximum Gasteiger partial charge on any atom is 0.254 e. The number of hydrogen-bond acceptors (Lipinski definition) is 4. The van der Waals surface area contributed by atoms with E-state index >= 15 is 0 Å². The first-order chi connectivity index (χ1) is 11.5. The van der Waals surface area contributed by atoms with E-state index in [9.17, 15) is 9.59 Å². The third-order valence-corrected chi connectivity index (χ3v) is 5.02. The fraction of sp³-hybridized carbons (Fsp3) is 0.556. The molecule has 4 rings (SSSR count). The Morgan fingerprint density at radius 2 is 1.67 bits per heavy atom. The van der Waals surface area contributed by atoms with E-state index in [-0.39, 0.29) is 17.9 Å². The Labute approximate surface area is 142 Å². The van der Waals surface area contributed by atoms with Crippen LogP contribution < -0.4 is 9.47 Å². The molecule has 1 aromatic carbocycles. The van der Waals surface area contributed by atoms with Gasteiger partial charge in [0, 0.05) is 44.2 Å². The average molecular weight is 332 g/mol. The van der Waals surface area contributed by atoms with Gasteiger partial charge in [0.2, 0.25) is 5.91 Å². The standard InChI is InChI=1S/C18H24N2O4/c1-12(21)19-9-13-4-5-15(11-19)20(10-13)18(22)14-6-16(23-2)8-17(7-14)24-3/h6-8,13,15H,4-5,9-11H2,1-3H3/t13-,15+/m0/s1. The number of rotatable bonds is 3. The van der Waals surface area contributed by atoms with E-state index in [1.807, 2.05) is 9.80 Å². The summed E-state index contributed by atoms with van der Waals surface area (Å²) in [7, 11) is 3.14. The van der Waals surface area contributed by atoms with Gasteiger partial charge in [-0.1, -0.05) is 0 Å². The fourth-order valence-corrected chi connectivity index (χ4v) is 3.68. The molecule has 0 aromatic heterocycles. The molecule has 0 unspecified atom stereocenters. The molecule has 0 radical (unpaired) electrons. The monoisotopic (exact) mass is 332 g/mol. The topological polar surface area (TPSA) is 59.1 Å². The number of carbonyl (C=O) groups is 2. The van der Waals surface area contributed by atoms with Crippen LogP contribution in [0.1, 0.15) is 30.1 Å². The van der Waals surface area contributed by atoms with E-state index < -0.39 is 0 Å². The maximum absolute atomic E-state index is 13.1. The first-order valence-corrected chi connectivity index (χ1v) is 8.31. The first kappa shape index (κ1) is 16.6. The summed E-state index contributed by atoms with van der Waals surface area (Å²) in [6.07, 6.45) is 2.01. The van der Waals surface area contributed by atoms with Gasteiger partial charge in [-0.3, -0.25) is 9.59 Å². The van der Waals surface area contributed by atoms with Crippen molar-refractivity contribution in [2.45, 2.75) is 25.8 Å². The molecule has 3 heterocycles. The van der Waals surface area contributed by atoms with Crippen LogP contribution in [0.5, 0.6) is 11.5 Å². The number of carbonyl (C=O) groups excluding carboxylic acids is 2. The highest BCUT2D eigenvalue weighted by atomic mass is 16.5. The molecule has 24 heavy (non-hydrogen) atoms. The lowest BCUT2D eigenvalue weighted by Crippen LogP contribution is -2.47. The molecule has 3 aliphatic heterocycles. The van der Waals surface area contributed by atoms with E-state index in [4.69, 9.17) is 9.47 Å². The largest absolute Gasteiger partial charge is 0.497 e. The van der Waals surface area contributed by atoms with Gasteiger partial charge in [0.25, 0.3) is 5.91 Å². The van der Waals surface area contributed by atoms with Crippen molar-refractivity contribution in [1.82, 2.24) is 9.80 Å². The molecule has 0 spiro atoms. The zero-order valence-corrected chi connectivity index (χ0v) is 14.4. The van der Waals surface area contributed by atoms with Crippen LogP contribution in [-0.2, 0) is 4.79 Å². The highest BCUT2D eigenvalue weighted by Crippen LogP contribution is 2.31. The summed E-state index contributed by atoms with van der Waals surface area (Å²) in [6, 6.07) is 5.32. The van der Waals surface area contributed by atoms with Crippen molar-refractivity contribution < 1.29 is 19.1 Å². The Morgan fingerprint density at radius 3 is 2.25 bits per heavy atom. The summed E-state index contributed by atoms with van der Waals surface area (Å²) >= 11 is 0. The molecule has 1 aromatic rings. The van der Waals surface area contributed by atoms with Gasteiger partial charge in [-0.15, -0.1) is 0 Å². The van der Waals surface area contributed by atoms with E-state index in [1.54, 1.807) is 39.3 Å². The van der Waals surface area contributed by atoms with Crippen molar-refractivity contribution >= 4 is 11.8 Å². The Balaban J connectivity index is 1.86. The van der Waals surface area contributed by atoms with Crippen LogP contribution in [0.2, 0.25) is 0 Å². The van der Waals surface area contributed by atoms with Gasteiger partial charge in [0.05, 0.1) is 14.2 Å². The van der Waals surface area contributed by atoms with E-state index in [2.05, 4.69) is 0 Å². The van der Waals surface area contributed by atoms with Crippen LogP contribution in [0.3, 0.4) is 0 Å². The smallest absolute Gasteiger partial charge is 0.254 e. The molecule has 2 amide bonds. The highest BCUT2D eigenvalue weighted by molar-refractivity contribution is 5.95. The average Bonchev–Trinajstić information content (AvgIpc) is 2.92. The zero-order valence-electron chi connectivity index (χ0n) is 14.4. The lowest BCUT2D eigenvalue weighted by molar-refractivity contribution is -0.129. The fourth-order valence-electron chi connectivity index (χ4n) is 3.68. The molecule has 0 saturated carbocycles. The molecule has 3 aliphatic rings. The highest BCUT2D eigenvalue weighted by Gasteiger charge is 2.38. The lowest BCUT2D eigenvalue weighted by Gasteiger charge is -2.36. The predicted molar refractivity (Wildman–Crippen MR) is 89.3 cm³/mol. The Bertz CT molecular complexity index is 624. The molecule has 6 heteroatoms. The SMILES string of the molecule is COc1cc(OC)cc(C(=O)N2C[C@H]3CC[C@@H]2CN(C(C)=O)C3)c1. The molecule has 2 atom stereocenters. The quantitative estimate of drug-likeness (QED) is 0.847. The number of ether oxygens (including phenoxy) is 2. The van der Waals surface area contributed by atoms with Gasteiger partial charge in [-0.2, -0.15) is 0 Å². The summed E-state index contributed by atoms with van der Waals surface area (Å²) in [6.45, 7) is 3.67. The van der Waals surface area contributed by atoms with Gasteiger partial charge >= 0.3 is 0 Å². The predicted octanol–water partition coefficient (Wildman–Crippen LogP) is 1.79. The van der Waals surface area contributed by atoms with Crippen LogP contribution in [0.25, 0.3) is 0 Å². The van der Waals surface area contributed by atoms with Crippen LogP contribution in [0.15, 0.2) is 18.2 Å². The molecule has 2 bridgehead atoms. The minimum atomic E-state index is -0.0210. The van der Waals surface area contributed by atoms with Crippen molar-refractivity contribution in [1.29, 1.82) is 0 Å². The number of nitrogens with zero attached hydrogens (tertiary/aromatic N) is 2. The third kappa shape index (κ3) is 3.18. The second kappa shape index (κ2) is 6.71. The molecular formula is C18H24N2O4. The van der Waals surface area contributed by atoms with Gasteiger partial charge in [-0.25, -0.2) is 0 Å². The molecule has 0 N–H and O–H groups in total. The van der Waals surface area contributed by atoms with Crippen LogP contribution >= 0.6 is 0 Å². The number of piperidine rings is 1. The van der Waals surface area contributed by atoms with E-state index in [1.165, 1.54) is 0 Å². The number of hydrogen-bond donors (Lipinski definition) is 0. The summed E-state index contributed by atoms with van der Waals surface area (Å²) in [5.41, 5.74) is 0.563. The Kier molecular flexibility index (Phi) is 4.64. The van der Waals surface area contributed by atoms with Crippen molar-refractivity contribution in [2.75, 3.05) is 33.9 Å². The summed E-state index contributed by atoms with van der Waals surface area (Å²) in [5, 5.41) is 0. The van der Waals surface area contributed by atoms with Crippen molar-refractivity contribution in [3.8, 4) is 11.5 Å². The molecular weight excluding hydrogens is 308 g/mol. The minimum absolute atomic E-state index is 0.0210. The maximum atomic E-state index is 13.1. The minimum Gasteiger partial charge on any atom is -0.497 e. The molecule has 6 nitrogen and oxygen atoms in total. The summed E-state index contributed by atoms with van der Waals surface area (Å²) < 4.78 is 10.5. The van der Waals surface area contributed by atoms with Gasteiger partial charge in [0.1, 0.15) is 11.5 Å². The molecule has 3 fully saturated rings. The Morgan fingerprint density at radius 1 is 1.00 bits per heavy atom. The normalized spacial score (nSPS) is 23.0. The number of methoxy groups -OCH3 is 2. The number of benzene rings is 1. The van der Waals surface area contributed by atoms with Gasteiger partial charge in [0.15, 0.2) is 0 Å². The van der Waals surface area contributed by atoms with Crippen LogP contribution in [-0.4, -0.2) is 61.5 Å². The van der Waals surface area contributed by atoms with E-state index in [0.717, 1.165) is 19.4 Å². The second-order valence-electron chi connectivity index (χ2n) is 6.58. The summed E-state index contributed by atoms with van der Waals surface area (Å²) in [4.78, 5) is 28.6. The lowest BCUT2D eigenvalue weighted by atomic mass is 9.94. The zero-order chi connectivity index (χ0) is 17.3. The second-order valence-corrected chi connectivity index (χ2v) is 6.58. The number of fused-ring (bicyclic) bond motifs is 4. The third-order valence-electron chi connectivity index (χ3n) is 5.02. The van der Waals surface area contributed by atoms with E-state index in [0.29, 0.717) is 36.1 Å². The molecule has 0 aliphatic carbocycles. The first-order valence-electron chi connectivity index (χ1n) is 8.31. The molecule has 3 saturated heterocycles. The van der Waals surface area contributed by atoms with Crippen molar-refractivity contribution in [2.24, 2.45) is 5.92 Å². The number of amides is 2. The van der Waals surface area contributed by atoms with Gasteiger partial charge < -0.3 is 19.3 Å². The summed E-state index contributed by atoms with van der Waals surface area (Å²) in [5.74, 6) is 1.62.